The molecule has 0 saturated heterocycles. The van der Waals surface area contributed by atoms with Crippen LogP contribution in [0.15, 0.2) is 52.4 Å². The number of nitro benzene ring substituents is 1. The van der Waals surface area contributed by atoms with E-state index in [1.807, 2.05) is 19.1 Å². The molecule has 0 aliphatic heterocycles. The molecule has 0 saturated carbocycles. The summed E-state index contributed by atoms with van der Waals surface area (Å²) < 4.78 is 7.18. The fourth-order valence-corrected chi connectivity index (χ4v) is 4.62. The highest BCUT2D eigenvalue weighted by Gasteiger charge is 2.17. The molecule has 1 aromatic heterocycles. The van der Waals surface area contributed by atoms with Gasteiger partial charge in [0.25, 0.3) is 11.6 Å². The van der Waals surface area contributed by atoms with Crippen LogP contribution in [0, 0.1) is 10.1 Å². The fourth-order valence-electron chi connectivity index (χ4n) is 2.82. The number of non-ortho nitro benzene ring substituents is 1. The molecule has 10 heteroatoms. The molecule has 0 atom stereocenters. The van der Waals surface area contributed by atoms with Gasteiger partial charge < -0.3 is 9.30 Å². The number of benzene rings is 2. The van der Waals surface area contributed by atoms with Crippen LogP contribution in [0.3, 0.4) is 0 Å². The van der Waals surface area contributed by atoms with E-state index in [2.05, 4.69) is 4.99 Å². The van der Waals surface area contributed by atoms with Crippen LogP contribution in [0.4, 0.5) is 5.69 Å². The number of aromatic nitrogens is 1. The second-order valence-corrected chi connectivity index (χ2v) is 8.35. The van der Waals surface area contributed by atoms with Crippen molar-refractivity contribution in [3.8, 4) is 0 Å². The summed E-state index contributed by atoms with van der Waals surface area (Å²) in [5, 5.41) is 11.2. The van der Waals surface area contributed by atoms with Gasteiger partial charge in [0, 0.05) is 17.0 Å². The first-order chi connectivity index (χ1) is 14.4. The Hall–Kier alpha value is -2.98. The molecular weight excluding hydrogens is 426 g/mol. The maximum absolute atomic E-state index is 12.9. The van der Waals surface area contributed by atoms with Crippen molar-refractivity contribution >= 4 is 50.9 Å². The van der Waals surface area contributed by atoms with Gasteiger partial charge in [-0.25, -0.2) is 0 Å². The first kappa shape index (κ1) is 21.7. The molecule has 0 unspecified atom stereocenters. The second-order valence-electron chi connectivity index (χ2n) is 6.03. The average molecular weight is 446 g/mol. The van der Waals surface area contributed by atoms with Gasteiger partial charge in [0.1, 0.15) is 6.54 Å². The van der Waals surface area contributed by atoms with Crippen molar-refractivity contribution in [2.75, 3.05) is 12.4 Å². The Kier molecular flexibility index (Phi) is 7.01. The molecule has 156 valence electrons. The smallest absolute Gasteiger partial charge is 0.326 e. The summed E-state index contributed by atoms with van der Waals surface area (Å²) in [4.78, 5) is 41.0. The number of nitro groups is 1. The van der Waals surface area contributed by atoms with E-state index in [0.717, 1.165) is 10.6 Å². The topological polar surface area (TPSA) is 104 Å². The number of esters is 1. The Morgan fingerprint density at radius 3 is 2.70 bits per heavy atom. The zero-order valence-electron chi connectivity index (χ0n) is 16.4. The summed E-state index contributed by atoms with van der Waals surface area (Å²) in [6, 6.07) is 11.5. The Balaban J connectivity index is 2.15. The number of thiazole rings is 1. The van der Waals surface area contributed by atoms with Crippen molar-refractivity contribution in [3.05, 3.63) is 62.9 Å². The Morgan fingerprint density at radius 1 is 1.23 bits per heavy atom. The number of thioether (sulfide) groups is 1. The molecule has 3 aromatic rings. The van der Waals surface area contributed by atoms with Crippen LogP contribution < -0.4 is 4.80 Å². The van der Waals surface area contributed by atoms with Crippen LogP contribution in [0.5, 0.6) is 0 Å². The summed E-state index contributed by atoms with van der Waals surface area (Å²) in [5.74, 6) is -0.149. The van der Waals surface area contributed by atoms with Crippen LogP contribution in [-0.2, 0) is 16.1 Å². The largest absolute Gasteiger partial charge is 0.465 e. The lowest BCUT2D eigenvalue weighted by Crippen LogP contribution is -2.23. The first-order valence-corrected chi connectivity index (χ1v) is 11.0. The number of carbonyl (C=O) groups is 2. The fraction of sp³-hybridized carbons (Fsp3) is 0.250. The van der Waals surface area contributed by atoms with E-state index in [1.165, 1.54) is 39.8 Å². The molecule has 1 heterocycles. The zero-order chi connectivity index (χ0) is 21.7. The number of rotatable bonds is 7. The van der Waals surface area contributed by atoms with Crippen LogP contribution in [0.2, 0.25) is 0 Å². The number of carbonyl (C=O) groups excluding carboxylic acids is 2. The highest BCUT2D eigenvalue weighted by atomic mass is 32.2. The molecule has 3 rings (SSSR count). The summed E-state index contributed by atoms with van der Waals surface area (Å²) in [6.07, 6.45) is 0. The third-order valence-corrected chi connectivity index (χ3v) is 6.10. The Morgan fingerprint density at radius 2 is 2.00 bits per heavy atom. The van der Waals surface area contributed by atoms with Crippen LogP contribution in [-0.4, -0.2) is 33.7 Å². The minimum atomic E-state index is -0.514. The third kappa shape index (κ3) is 4.77. The lowest BCUT2D eigenvalue weighted by atomic mass is 10.2. The summed E-state index contributed by atoms with van der Waals surface area (Å²) in [5.41, 5.74) is 0.806. The lowest BCUT2D eigenvalue weighted by molar-refractivity contribution is -0.384. The average Bonchev–Trinajstić information content (AvgIpc) is 3.05. The van der Waals surface area contributed by atoms with Crippen molar-refractivity contribution < 1.29 is 19.2 Å². The molecule has 0 spiro atoms. The standard InChI is InChI=1S/C20H19N3O5S2/c1-3-28-18(24)12-22-15-11-13(23(26)27)9-10-17(15)30-20(22)21-19(25)14-7-5-6-8-16(14)29-4-2/h5-11H,3-4,12H2,1-2H3. The number of nitrogens with zero attached hydrogens (tertiary/aromatic N) is 3. The summed E-state index contributed by atoms with van der Waals surface area (Å²) in [6.45, 7) is 3.69. The SMILES string of the molecule is CCOC(=O)Cn1c(=NC(=O)c2ccccc2SCC)sc2ccc([N+](=O)[O-])cc21. The number of amides is 1. The molecule has 0 bridgehead atoms. The van der Waals surface area contributed by atoms with Gasteiger partial charge in [0.2, 0.25) is 0 Å². The number of ether oxygens (including phenoxy) is 1. The van der Waals surface area contributed by atoms with Gasteiger partial charge in [-0.1, -0.05) is 30.4 Å². The molecule has 0 N–H and O–H groups in total. The summed E-state index contributed by atoms with van der Waals surface area (Å²) in [7, 11) is 0. The molecule has 0 aliphatic rings. The molecule has 0 radical (unpaired) electrons. The van der Waals surface area contributed by atoms with E-state index in [4.69, 9.17) is 4.74 Å². The predicted octanol–water partition coefficient (Wildman–Crippen LogP) is 4.03. The van der Waals surface area contributed by atoms with Gasteiger partial charge >= 0.3 is 5.97 Å². The minimum absolute atomic E-state index is 0.111. The monoisotopic (exact) mass is 445 g/mol. The van der Waals surface area contributed by atoms with Gasteiger partial charge in [0.15, 0.2) is 4.80 Å². The van der Waals surface area contributed by atoms with Gasteiger partial charge in [-0.15, -0.1) is 11.8 Å². The quantitative estimate of drug-likeness (QED) is 0.235. The minimum Gasteiger partial charge on any atom is -0.465 e. The highest BCUT2D eigenvalue weighted by Crippen LogP contribution is 2.25. The Bertz CT molecular complexity index is 1180. The van der Waals surface area contributed by atoms with Gasteiger partial charge in [-0.05, 0) is 30.9 Å². The molecule has 0 aliphatic carbocycles. The maximum atomic E-state index is 12.9. The molecule has 8 nitrogen and oxygen atoms in total. The molecular formula is C20H19N3O5S2. The van der Waals surface area contributed by atoms with Crippen molar-refractivity contribution in [1.29, 1.82) is 0 Å². The van der Waals surface area contributed by atoms with E-state index in [0.29, 0.717) is 15.8 Å². The Labute approximate surface area is 180 Å². The maximum Gasteiger partial charge on any atom is 0.326 e. The van der Waals surface area contributed by atoms with Gasteiger partial charge in [-0.2, -0.15) is 4.99 Å². The van der Waals surface area contributed by atoms with E-state index in [-0.39, 0.29) is 23.6 Å². The van der Waals surface area contributed by atoms with Crippen LogP contribution >= 0.6 is 23.1 Å². The number of hydrogen-bond acceptors (Lipinski definition) is 7. The third-order valence-electron chi connectivity index (χ3n) is 4.08. The normalized spacial score (nSPS) is 11.6. The van der Waals surface area contributed by atoms with E-state index >= 15 is 0 Å². The second kappa shape index (κ2) is 9.68. The molecule has 30 heavy (non-hydrogen) atoms. The lowest BCUT2D eigenvalue weighted by Gasteiger charge is -2.06. The van der Waals surface area contributed by atoms with E-state index in [1.54, 1.807) is 25.1 Å². The van der Waals surface area contributed by atoms with Crippen molar-refractivity contribution in [2.24, 2.45) is 4.99 Å². The summed E-state index contributed by atoms with van der Waals surface area (Å²) >= 11 is 2.72. The molecule has 0 fully saturated rings. The molecule has 2 aromatic carbocycles. The van der Waals surface area contributed by atoms with Crippen molar-refractivity contribution in [1.82, 2.24) is 4.57 Å². The predicted molar refractivity (Wildman–Crippen MR) is 116 cm³/mol. The van der Waals surface area contributed by atoms with Crippen molar-refractivity contribution in [3.63, 3.8) is 0 Å². The first-order valence-electron chi connectivity index (χ1n) is 9.18. The van der Waals surface area contributed by atoms with Crippen molar-refractivity contribution in [2.45, 2.75) is 25.3 Å². The zero-order valence-corrected chi connectivity index (χ0v) is 18.0. The van der Waals surface area contributed by atoms with Crippen LogP contribution in [0.25, 0.3) is 10.2 Å². The van der Waals surface area contributed by atoms with E-state index in [9.17, 15) is 19.7 Å². The highest BCUT2D eigenvalue weighted by molar-refractivity contribution is 7.99. The number of fused-ring (bicyclic) bond motifs is 1. The van der Waals surface area contributed by atoms with Gasteiger partial charge in [0.05, 0.1) is 27.3 Å². The van der Waals surface area contributed by atoms with E-state index < -0.39 is 16.8 Å². The molecule has 1 amide bonds. The van der Waals surface area contributed by atoms with Crippen LogP contribution in [0.1, 0.15) is 24.2 Å². The number of hydrogen-bond donors (Lipinski definition) is 0. The van der Waals surface area contributed by atoms with Gasteiger partial charge in [-0.3, -0.25) is 19.7 Å².